The first-order valence-electron chi connectivity index (χ1n) is 9.01. The number of amides is 1. The van der Waals surface area contributed by atoms with Crippen LogP contribution in [-0.4, -0.2) is 41.1 Å². The molecule has 1 aliphatic heterocycles. The molecule has 1 N–H and O–H groups in total. The van der Waals surface area contributed by atoms with Crippen molar-refractivity contribution in [2.75, 3.05) is 25.5 Å². The molecule has 0 atom stereocenters. The van der Waals surface area contributed by atoms with Crippen molar-refractivity contribution in [2.24, 2.45) is 0 Å². The van der Waals surface area contributed by atoms with E-state index in [0.717, 1.165) is 10.4 Å². The van der Waals surface area contributed by atoms with E-state index in [1.807, 2.05) is 4.90 Å². The Bertz CT molecular complexity index is 1060. The molecule has 0 unspecified atom stereocenters. The van der Waals surface area contributed by atoms with Crippen molar-refractivity contribution in [2.45, 2.75) is 19.1 Å². The van der Waals surface area contributed by atoms with Crippen LogP contribution in [0.5, 0.6) is 5.75 Å². The van der Waals surface area contributed by atoms with E-state index in [4.69, 9.17) is 4.74 Å². The van der Waals surface area contributed by atoms with Crippen LogP contribution in [0, 0.1) is 0 Å². The highest BCUT2D eigenvalue weighted by atomic mass is 32.1. The Balaban J connectivity index is 1.40. The monoisotopic (exact) mass is 438 g/mol. The van der Waals surface area contributed by atoms with Crippen molar-refractivity contribution in [1.82, 2.24) is 15.0 Å². The van der Waals surface area contributed by atoms with E-state index < -0.39 is 12.1 Å². The maximum atomic E-state index is 12.7. The van der Waals surface area contributed by atoms with Gasteiger partial charge in [-0.25, -0.2) is 0 Å². The second-order valence-corrected chi connectivity index (χ2v) is 7.86. The minimum Gasteiger partial charge on any atom is -0.497 e. The molecule has 1 amide bonds. The summed E-state index contributed by atoms with van der Waals surface area (Å²) in [5.41, 5.74) is 1.60. The maximum absolute atomic E-state index is 12.7. The molecule has 3 aromatic rings. The lowest BCUT2D eigenvalue weighted by molar-refractivity contribution is -0.159. The summed E-state index contributed by atoms with van der Waals surface area (Å²) in [5, 5.41) is 6.28. The predicted molar refractivity (Wildman–Crippen MR) is 103 cm³/mol. The predicted octanol–water partition coefficient (Wildman–Crippen LogP) is 3.82. The zero-order valence-corrected chi connectivity index (χ0v) is 16.6. The molecule has 1 aromatic carbocycles. The van der Waals surface area contributed by atoms with Gasteiger partial charge >= 0.3 is 12.1 Å². The summed E-state index contributed by atoms with van der Waals surface area (Å²) in [4.78, 5) is 19.4. The SMILES string of the molecule is COc1cccc(NC(=O)CN2CCc3sc(-c4noc(C(F)(F)F)n4)cc3C2)c1. The van der Waals surface area contributed by atoms with Gasteiger partial charge < -0.3 is 14.6 Å². The summed E-state index contributed by atoms with van der Waals surface area (Å²) in [5.74, 6) is -0.949. The Labute approximate surface area is 173 Å². The minimum absolute atomic E-state index is 0.0796. The molecule has 0 bridgehead atoms. The fourth-order valence-corrected chi connectivity index (χ4v) is 4.27. The molecular weight excluding hydrogens is 421 g/mol. The first-order valence-corrected chi connectivity index (χ1v) is 9.82. The highest BCUT2D eigenvalue weighted by Crippen LogP contribution is 2.35. The summed E-state index contributed by atoms with van der Waals surface area (Å²) in [6.45, 7) is 1.38. The Morgan fingerprint density at radius 1 is 1.37 bits per heavy atom. The first kappa shape index (κ1) is 20.4. The second-order valence-electron chi connectivity index (χ2n) is 6.72. The number of thiophene rings is 1. The number of hydrogen-bond acceptors (Lipinski definition) is 7. The number of fused-ring (bicyclic) bond motifs is 1. The lowest BCUT2D eigenvalue weighted by Crippen LogP contribution is -2.36. The summed E-state index contributed by atoms with van der Waals surface area (Å²) in [7, 11) is 1.56. The van der Waals surface area contributed by atoms with Crippen LogP contribution in [-0.2, 0) is 23.9 Å². The third-order valence-electron chi connectivity index (χ3n) is 4.56. The topological polar surface area (TPSA) is 80.5 Å². The number of methoxy groups -OCH3 is 1. The number of ether oxygens (including phenoxy) is 1. The van der Waals surface area contributed by atoms with Crippen LogP contribution in [0.4, 0.5) is 18.9 Å². The van der Waals surface area contributed by atoms with Crippen LogP contribution in [0.25, 0.3) is 10.7 Å². The lowest BCUT2D eigenvalue weighted by Gasteiger charge is -2.26. The van der Waals surface area contributed by atoms with Crippen LogP contribution in [0.2, 0.25) is 0 Å². The lowest BCUT2D eigenvalue weighted by atomic mass is 10.1. The van der Waals surface area contributed by atoms with Crippen LogP contribution >= 0.6 is 11.3 Å². The van der Waals surface area contributed by atoms with Gasteiger partial charge in [0.25, 0.3) is 0 Å². The maximum Gasteiger partial charge on any atom is 0.471 e. The smallest absolute Gasteiger partial charge is 0.471 e. The van der Waals surface area contributed by atoms with Crippen molar-refractivity contribution in [3.63, 3.8) is 0 Å². The third kappa shape index (κ3) is 4.46. The number of alkyl halides is 3. The summed E-state index contributed by atoms with van der Waals surface area (Å²) < 4.78 is 47.5. The zero-order chi connectivity index (χ0) is 21.3. The number of halogens is 3. The summed E-state index contributed by atoms with van der Waals surface area (Å²) in [6, 6.07) is 8.85. The van der Waals surface area contributed by atoms with Gasteiger partial charge in [0.1, 0.15) is 5.75 Å². The van der Waals surface area contributed by atoms with Crippen molar-refractivity contribution in [3.05, 3.63) is 46.7 Å². The fourth-order valence-electron chi connectivity index (χ4n) is 3.18. The zero-order valence-electron chi connectivity index (χ0n) is 15.8. The number of rotatable bonds is 5. The molecule has 2 aromatic heterocycles. The Hall–Kier alpha value is -2.92. The van der Waals surface area contributed by atoms with E-state index in [1.165, 1.54) is 11.3 Å². The Kier molecular flexibility index (Phi) is 5.48. The third-order valence-corrected chi connectivity index (χ3v) is 5.79. The van der Waals surface area contributed by atoms with E-state index in [2.05, 4.69) is 20.0 Å². The molecule has 0 saturated carbocycles. The summed E-state index contributed by atoms with van der Waals surface area (Å²) in [6.07, 6.45) is -3.98. The number of hydrogen-bond donors (Lipinski definition) is 1. The van der Waals surface area contributed by atoms with E-state index in [-0.39, 0.29) is 18.3 Å². The van der Waals surface area contributed by atoms with E-state index in [1.54, 1.807) is 37.4 Å². The number of aromatic nitrogens is 2. The highest BCUT2D eigenvalue weighted by molar-refractivity contribution is 7.15. The molecular formula is C19H17F3N4O3S. The minimum atomic E-state index is -4.67. The van der Waals surface area contributed by atoms with Gasteiger partial charge in [-0.2, -0.15) is 18.2 Å². The van der Waals surface area contributed by atoms with Gasteiger partial charge in [-0.05, 0) is 30.2 Å². The number of nitrogens with zero attached hydrogens (tertiary/aromatic N) is 3. The van der Waals surface area contributed by atoms with Gasteiger partial charge in [0.2, 0.25) is 11.7 Å². The number of carbonyl (C=O) groups excluding carboxylic acids is 1. The van der Waals surface area contributed by atoms with Crippen molar-refractivity contribution in [3.8, 4) is 16.5 Å². The number of benzene rings is 1. The normalized spacial score (nSPS) is 14.4. The van der Waals surface area contributed by atoms with Crippen molar-refractivity contribution >= 4 is 22.9 Å². The summed E-state index contributed by atoms with van der Waals surface area (Å²) >= 11 is 1.35. The van der Waals surface area contributed by atoms with E-state index in [0.29, 0.717) is 35.8 Å². The van der Waals surface area contributed by atoms with Gasteiger partial charge in [0, 0.05) is 29.7 Å². The molecule has 0 aliphatic carbocycles. The molecule has 0 saturated heterocycles. The average molecular weight is 438 g/mol. The van der Waals surface area contributed by atoms with Gasteiger partial charge in [0.15, 0.2) is 0 Å². The number of anilines is 1. The van der Waals surface area contributed by atoms with Gasteiger partial charge in [-0.15, -0.1) is 11.3 Å². The Morgan fingerprint density at radius 2 is 2.20 bits per heavy atom. The quantitative estimate of drug-likeness (QED) is 0.652. The largest absolute Gasteiger partial charge is 0.497 e. The van der Waals surface area contributed by atoms with Crippen LogP contribution < -0.4 is 10.1 Å². The Morgan fingerprint density at radius 3 is 2.93 bits per heavy atom. The molecule has 1 aliphatic rings. The van der Waals surface area contributed by atoms with Crippen LogP contribution in [0.1, 0.15) is 16.3 Å². The molecule has 0 radical (unpaired) electrons. The molecule has 30 heavy (non-hydrogen) atoms. The van der Waals surface area contributed by atoms with E-state index >= 15 is 0 Å². The van der Waals surface area contributed by atoms with E-state index in [9.17, 15) is 18.0 Å². The standard InChI is InChI=1S/C19H17F3N4O3S/c1-28-13-4-2-3-12(8-13)23-16(27)10-26-6-5-14-11(9-26)7-15(30-14)17-24-18(29-25-17)19(20,21)22/h2-4,7-8H,5-6,9-10H2,1H3,(H,23,27). The van der Waals surface area contributed by atoms with Crippen molar-refractivity contribution in [1.29, 1.82) is 0 Å². The van der Waals surface area contributed by atoms with Crippen LogP contribution in [0.15, 0.2) is 34.9 Å². The second kappa shape index (κ2) is 8.07. The molecule has 0 spiro atoms. The van der Waals surface area contributed by atoms with Gasteiger partial charge in [-0.3, -0.25) is 9.69 Å². The van der Waals surface area contributed by atoms with Crippen molar-refractivity contribution < 1.29 is 27.2 Å². The molecule has 158 valence electrons. The highest BCUT2D eigenvalue weighted by Gasteiger charge is 2.38. The number of carbonyl (C=O) groups is 1. The molecule has 3 heterocycles. The van der Waals surface area contributed by atoms with Gasteiger partial charge in [0.05, 0.1) is 18.5 Å². The first-order chi connectivity index (χ1) is 14.3. The van der Waals surface area contributed by atoms with Crippen LogP contribution in [0.3, 0.4) is 0 Å². The van der Waals surface area contributed by atoms with Gasteiger partial charge in [-0.1, -0.05) is 11.2 Å². The number of nitrogens with one attached hydrogen (secondary N) is 1. The molecule has 7 nitrogen and oxygen atoms in total. The molecule has 11 heteroatoms. The molecule has 0 fully saturated rings. The fraction of sp³-hybridized carbons (Fsp3) is 0.316. The molecule has 4 rings (SSSR count). The average Bonchev–Trinajstić information content (AvgIpc) is 3.34.